The Labute approximate surface area is 159 Å². The third-order valence-corrected chi connectivity index (χ3v) is 5.27. The molecule has 1 N–H and O–H groups in total. The van der Waals surface area contributed by atoms with Crippen LogP contribution in [-0.2, 0) is 28.7 Å². The van der Waals surface area contributed by atoms with Gasteiger partial charge in [0.25, 0.3) is 0 Å². The van der Waals surface area contributed by atoms with Crippen molar-refractivity contribution in [2.24, 2.45) is 0 Å². The fourth-order valence-electron chi connectivity index (χ4n) is 3.70. The van der Waals surface area contributed by atoms with Crippen molar-refractivity contribution < 1.29 is 22.8 Å². The highest BCUT2D eigenvalue weighted by Crippen LogP contribution is 2.33. The summed E-state index contributed by atoms with van der Waals surface area (Å²) in [4.78, 5) is 27.6. The molecule has 2 aliphatic rings. The quantitative estimate of drug-likeness (QED) is 0.873. The van der Waals surface area contributed by atoms with E-state index in [2.05, 4.69) is 10.2 Å². The predicted octanol–water partition coefficient (Wildman–Crippen LogP) is 2.60. The molecule has 1 fully saturated rings. The van der Waals surface area contributed by atoms with Gasteiger partial charge in [-0.15, -0.1) is 0 Å². The molecule has 6 nitrogen and oxygen atoms in total. The Kier molecular flexibility index (Phi) is 4.60. The fraction of sp³-hybridized carbons (Fsp3) is 0.421. The van der Waals surface area contributed by atoms with Crippen LogP contribution < -0.4 is 0 Å². The topological polar surface area (TPSA) is 69.3 Å². The Morgan fingerprint density at radius 3 is 2.54 bits per heavy atom. The number of H-pyrrole nitrogens is 1. The maximum Gasteiger partial charge on any atom is 0.416 e. The van der Waals surface area contributed by atoms with Gasteiger partial charge in [0, 0.05) is 49.3 Å². The average molecular weight is 392 g/mol. The number of fused-ring (bicyclic) bond motifs is 1. The Morgan fingerprint density at radius 1 is 1.14 bits per heavy atom. The van der Waals surface area contributed by atoms with Gasteiger partial charge in [0.1, 0.15) is 0 Å². The molecule has 0 radical (unpaired) electrons. The molecule has 0 spiro atoms. The third-order valence-electron chi connectivity index (χ3n) is 5.27. The van der Waals surface area contributed by atoms with E-state index in [9.17, 15) is 22.8 Å². The number of nitrogens with one attached hydrogen (secondary N) is 1. The number of carbonyl (C=O) groups is 2. The van der Waals surface area contributed by atoms with Crippen molar-refractivity contribution in [2.45, 2.75) is 32.0 Å². The van der Waals surface area contributed by atoms with E-state index in [0.29, 0.717) is 43.7 Å². The summed E-state index contributed by atoms with van der Waals surface area (Å²) in [5.41, 5.74) is 2.10. The van der Waals surface area contributed by atoms with Crippen LogP contribution in [0.5, 0.6) is 0 Å². The first-order valence-corrected chi connectivity index (χ1v) is 9.12. The van der Waals surface area contributed by atoms with Crippen LogP contribution in [0.2, 0.25) is 0 Å². The van der Waals surface area contributed by atoms with Crippen molar-refractivity contribution in [1.29, 1.82) is 0 Å². The minimum Gasteiger partial charge on any atom is -0.336 e. The number of carbonyl (C=O) groups excluding carboxylic acids is 2. The Balaban J connectivity index is 1.52. The normalized spacial score (nSPS) is 17.2. The standard InChI is InChI=1S/C19H19F3N4O2/c20-19(21,22)13-5-3-12(4-6-13)18-14-10-26(9-7-15(14)23-24-18)17(28)11-25-8-1-2-16(25)27/h3-6H,1-2,7-11H2,(H,23,24). The lowest BCUT2D eigenvalue weighted by atomic mass is 10.00. The smallest absolute Gasteiger partial charge is 0.336 e. The first-order valence-electron chi connectivity index (χ1n) is 9.12. The summed E-state index contributed by atoms with van der Waals surface area (Å²) in [6, 6.07) is 4.84. The zero-order valence-corrected chi connectivity index (χ0v) is 15.1. The third kappa shape index (κ3) is 3.48. The largest absolute Gasteiger partial charge is 0.416 e. The molecule has 0 bridgehead atoms. The highest BCUT2D eigenvalue weighted by Gasteiger charge is 2.31. The van der Waals surface area contributed by atoms with E-state index in [1.54, 1.807) is 9.80 Å². The number of aromatic nitrogens is 2. The van der Waals surface area contributed by atoms with E-state index in [4.69, 9.17) is 0 Å². The van der Waals surface area contributed by atoms with Crippen molar-refractivity contribution in [3.05, 3.63) is 41.1 Å². The lowest BCUT2D eigenvalue weighted by Gasteiger charge is -2.29. The lowest BCUT2D eigenvalue weighted by molar-refractivity contribution is -0.139. The summed E-state index contributed by atoms with van der Waals surface area (Å²) in [6.45, 7) is 1.51. The van der Waals surface area contributed by atoms with E-state index < -0.39 is 11.7 Å². The Hall–Kier alpha value is -2.84. The number of aromatic amines is 1. The van der Waals surface area contributed by atoms with Crippen molar-refractivity contribution in [3.8, 4) is 11.3 Å². The van der Waals surface area contributed by atoms with Gasteiger partial charge in [-0.05, 0) is 18.6 Å². The van der Waals surface area contributed by atoms with E-state index in [-0.39, 0.29) is 18.4 Å². The van der Waals surface area contributed by atoms with Gasteiger partial charge in [-0.2, -0.15) is 18.3 Å². The Bertz CT molecular complexity index is 905. The molecule has 1 aromatic carbocycles. The summed E-state index contributed by atoms with van der Waals surface area (Å²) < 4.78 is 38.3. The number of nitrogens with zero attached hydrogens (tertiary/aromatic N) is 3. The van der Waals surface area contributed by atoms with Crippen LogP contribution in [0.1, 0.15) is 29.7 Å². The molecule has 28 heavy (non-hydrogen) atoms. The Morgan fingerprint density at radius 2 is 1.89 bits per heavy atom. The lowest BCUT2D eigenvalue weighted by Crippen LogP contribution is -2.43. The van der Waals surface area contributed by atoms with Gasteiger partial charge in [-0.25, -0.2) is 0 Å². The molecule has 1 aromatic heterocycles. The van der Waals surface area contributed by atoms with Gasteiger partial charge in [-0.3, -0.25) is 14.7 Å². The number of hydrogen-bond acceptors (Lipinski definition) is 3. The van der Waals surface area contributed by atoms with Crippen LogP contribution in [0.4, 0.5) is 13.2 Å². The van der Waals surface area contributed by atoms with Crippen LogP contribution in [0.3, 0.4) is 0 Å². The molecule has 148 valence electrons. The van der Waals surface area contributed by atoms with E-state index >= 15 is 0 Å². The number of hydrogen-bond donors (Lipinski definition) is 1. The SMILES string of the molecule is O=C1CCCN1CC(=O)N1CCc2[nH]nc(-c3ccc(C(F)(F)F)cc3)c2C1. The van der Waals surface area contributed by atoms with E-state index in [0.717, 1.165) is 29.8 Å². The minimum atomic E-state index is -4.39. The molecule has 0 saturated carbocycles. The number of benzene rings is 1. The molecule has 1 saturated heterocycles. The van der Waals surface area contributed by atoms with Crippen molar-refractivity contribution in [1.82, 2.24) is 20.0 Å². The van der Waals surface area contributed by atoms with Gasteiger partial charge < -0.3 is 9.80 Å². The van der Waals surface area contributed by atoms with Crippen molar-refractivity contribution in [3.63, 3.8) is 0 Å². The zero-order valence-electron chi connectivity index (χ0n) is 15.1. The molecule has 0 atom stereocenters. The second-order valence-electron chi connectivity index (χ2n) is 7.09. The molecule has 0 aliphatic carbocycles. The summed E-state index contributed by atoms with van der Waals surface area (Å²) in [5.74, 6) is -0.125. The first kappa shape index (κ1) is 18.5. The molecule has 2 aromatic rings. The van der Waals surface area contributed by atoms with Crippen LogP contribution >= 0.6 is 0 Å². The van der Waals surface area contributed by atoms with E-state index in [1.807, 2.05) is 0 Å². The molecule has 3 heterocycles. The van der Waals surface area contributed by atoms with Gasteiger partial charge in [0.2, 0.25) is 11.8 Å². The molecule has 2 aliphatic heterocycles. The summed E-state index contributed by atoms with van der Waals surface area (Å²) in [7, 11) is 0. The number of amides is 2. The second-order valence-corrected chi connectivity index (χ2v) is 7.09. The maximum atomic E-state index is 12.8. The highest BCUT2D eigenvalue weighted by atomic mass is 19.4. The van der Waals surface area contributed by atoms with Gasteiger partial charge in [0.15, 0.2) is 0 Å². The van der Waals surface area contributed by atoms with E-state index in [1.165, 1.54) is 12.1 Å². The van der Waals surface area contributed by atoms with Gasteiger partial charge in [0.05, 0.1) is 17.8 Å². The van der Waals surface area contributed by atoms with Crippen LogP contribution in [0, 0.1) is 0 Å². The molecule has 2 amide bonds. The molecule has 9 heteroatoms. The van der Waals surface area contributed by atoms with Crippen LogP contribution in [0.15, 0.2) is 24.3 Å². The average Bonchev–Trinajstić information content (AvgIpc) is 3.27. The molecule has 4 rings (SSSR count). The van der Waals surface area contributed by atoms with Crippen LogP contribution in [0.25, 0.3) is 11.3 Å². The number of alkyl halides is 3. The summed E-state index contributed by atoms with van der Waals surface area (Å²) in [5, 5.41) is 7.19. The number of likely N-dealkylation sites (tertiary alicyclic amines) is 1. The monoisotopic (exact) mass is 392 g/mol. The minimum absolute atomic E-state index is 0.000182. The number of halogens is 3. The summed E-state index contributed by atoms with van der Waals surface area (Å²) >= 11 is 0. The van der Waals surface area contributed by atoms with Crippen molar-refractivity contribution >= 4 is 11.8 Å². The summed E-state index contributed by atoms with van der Waals surface area (Å²) in [6.07, 6.45) is -2.55. The first-order chi connectivity index (χ1) is 13.3. The van der Waals surface area contributed by atoms with Gasteiger partial charge >= 0.3 is 6.18 Å². The van der Waals surface area contributed by atoms with Crippen molar-refractivity contribution in [2.75, 3.05) is 19.6 Å². The molecular formula is C19H19F3N4O2. The predicted molar refractivity (Wildman–Crippen MR) is 94.0 cm³/mol. The van der Waals surface area contributed by atoms with Gasteiger partial charge in [-0.1, -0.05) is 12.1 Å². The molecular weight excluding hydrogens is 373 g/mol. The highest BCUT2D eigenvalue weighted by molar-refractivity contribution is 5.86. The fourth-order valence-corrected chi connectivity index (χ4v) is 3.70. The second kappa shape index (κ2) is 6.96. The number of rotatable bonds is 3. The maximum absolute atomic E-state index is 12.8. The zero-order chi connectivity index (χ0) is 19.9. The van der Waals surface area contributed by atoms with Crippen LogP contribution in [-0.4, -0.2) is 51.4 Å². The molecule has 0 unspecified atom stereocenters.